The van der Waals surface area contributed by atoms with Crippen molar-refractivity contribution in [3.05, 3.63) is 48.0 Å². The fraction of sp³-hybridized carbons (Fsp3) is 0.105. The van der Waals surface area contributed by atoms with Crippen LogP contribution in [0.5, 0.6) is 11.5 Å². The minimum absolute atomic E-state index is 0.249. The van der Waals surface area contributed by atoms with Crippen molar-refractivity contribution in [3.63, 3.8) is 0 Å². The second kappa shape index (κ2) is 5.31. The molecule has 2 aromatic carbocycles. The van der Waals surface area contributed by atoms with Gasteiger partial charge >= 0.3 is 0 Å². The molecule has 0 bridgehead atoms. The van der Waals surface area contributed by atoms with Crippen molar-refractivity contribution in [3.8, 4) is 33.7 Å². The van der Waals surface area contributed by atoms with Crippen LogP contribution in [0.15, 0.2) is 46.9 Å². The van der Waals surface area contributed by atoms with Crippen molar-refractivity contribution in [2.75, 3.05) is 6.79 Å². The van der Waals surface area contributed by atoms with Gasteiger partial charge in [-0.2, -0.15) is 9.61 Å². The largest absolute Gasteiger partial charge is 0.454 e. The summed E-state index contributed by atoms with van der Waals surface area (Å²) in [6.07, 6.45) is 0. The van der Waals surface area contributed by atoms with Gasteiger partial charge in [0.2, 0.25) is 17.6 Å². The number of aromatic nitrogens is 4. The highest BCUT2D eigenvalue weighted by atomic mass is 32.1. The van der Waals surface area contributed by atoms with Gasteiger partial charge in [0, 0.05) is 16.5 Å². The van der Waals surface area contributed by atoms with Crippen molar-refractivity contribution < 1.29 is 13.9 Å². The van der Waals surface area contributed by atoms with Gasteiger partial charge in [-0.1, -0.05) is 29.5 Å². The monoisotopic (exact) mass is 376 g/mol. The van der Waals surface area contributed by atoms with E-state index in [1.54, 1.807) is 4.52 Å². The molecule has 3 aromatic heterocycles. The summed E-state index contributed by atoms with van der Waals surface area (Å²) >= 11 is 1.46. The summed E-state index contributed by atoms with van der Waals surface area (Å²) < 4.78 is 18.6. The number of hydrogen-bond acceptors (Lipinski definition) is 7. The summed E-state index contributed by atoms with van der Waals surface area (Å²) in [6, 6.07) is 13.7. The Morgan fingerprint density at radius 2 is 1.93 bits per heavy atom. The number of aryl methyl sites for hydroxylation is 1. The molecule has 0 atom stereocenters. The molecular formula is C19H12N4O3S. The topological polar surface area (TPSA) is 74.7 Å². The standard InChI is InChI=1S/C19H12N4O3S/c1-10-12-4-2-3-5-13(12)26-16(10)17-20-21-19-23(17)22-18(27-19)11-6-7-14-15(8-11)25-9-24-14/h2-8H,9H2,1H3. The lowest BCUT2D eigenvalue weighted by Crippen LogP contribution is -1.92. The van der Waals surface area contributed by atoms with Crippen LogP contribution >= 0.6 is 11.3 Å². The van der Waals surface area contributed by atoms with Crippen LogP contribution in [-0.2, 0) is 0 Å². The Kier molecular flexibility index (Phi) is 2.90. The van der Waals surface area contributed by atoms with Crippen molar-refractivity contribution in [1.29, 1.82) is 0 Å². The Hall–Kier alpha value is -3.39. The lowest BCUT2D eigenvalue weighted by atomic mass is 10.1. The number of rotatable bonds is 2. The first-order valence-corrected chi connectivity index (χ1v) is 9.20. The first kappa shape index (κ1) is 14.7. The highest BCUT2D eigenvalue weighted by molar-refractivity contribution is 7.19. The molecule has 6 rings (SSSR count). The number of nitrogens with zero attached hydrogens (tertiary/aromatic N) is 4. The fourth-order valence-electron chi connectivity index (χ4n) is 3.29. The van der Waals surface area contributed by atoms with E-state index in [1.807, 2.05) is 49.4 Å². The van der Waals surface area contributed by atoms with E-state index >= 15 is 0 Å². The molecule has 7 nitrogen and oxygen atoms in total. The van der Waals surface area contributed by atoms with Crippen LogP contribution in [-0.4, -0.2) is 26.6 Å². The first-order valence-electron chi connectivity index (χ1n) is 8.39. The number of fused-ring (bicyclic) bond motifs is 3. The molecule has 5 aromatic rings. The van der Waals surface area contributed by atoms with Gasteiger partial charge in [-0.05, 0) is 31.2 Å². The molecule has 0 unspecified atom stereocenters. The van der Waals surface area contributed by atoms with E-state index in [-0.39, 0.29) is 6.79 Å². The van der Waals surface area contributed by atoms with E-state index < -0.39 is 0 Å². The SMILES string of the molecule is Cc1c(-c2nnc3sc(-c4ccc5c(c4)OCO5)nn23)oc2ccccc12. The Morgan fingerprint density at radius 1 is 1.04 bits per heavy atom. The summed E-state index contributed by atoms with van der Waals surface area (Å²) in [5.74, 6) is 2.76. The Bertz CT molecular complexity index is 1330. The summed E-state index contributed by atoms with van der Waals surface area (Å²) in [4.78, 5) is 0.706. The molecule has 0 spiro atoms. The Labute approximate surface area is 156 Å². The highest BCUT2D eigenvalue weighted by Gasteiger charge is 2.21. The third-order valence-corrected chi connectivity index (χ3v) is 5.61. The summed E-state index contributed by atoms with van der Waals surface area (Å²) in [7, 11) is 0. The van der Waals surface area contributed by atoms with Gasteiger partial charge in [0.25, 0.3) is 0 Å². The molecule has 0 radical (unpaired) electrons. The van der Waals surface area contributed by atoms with Crippen molar-refractivity contribution in [2.45, 2.75) is 6.92 Å². The molecule has 0 N–H and O–H groups in total. The molecular weight excluding hydrogens is 364 g/mol. The van der Waals surface area contributed by atoms with Crippen molar-refractivity contribution >= 4 is 27.3 Å². The number of hydrogen-bond donors (Lipinski definition) is 0. The molecule has 132 valence electrons. The van der Waals surface area contributed by atoms with E-state index in [0.717, 1.165) is 38.6 Å². The van der Waals surface area contributed by atoms with E-state index in [4.69, 9.17) is 19.0 Å². The molecule has 8 heteroatoms. The summed E-state index contributed by atoms with van der Waals surface area (Å²) in [5, 5.41) is 15.2. The fourth-order valence-corrected chi connectivity index (χ4v) is 4.13. The molecule has 1 aliphatic rings. The average molecular weight is 376 g/mol. The molecule has 4 heterocycles. The third-order valence-electron chi connectivity index (χ3n) is 4.66. The number of para-hydroxylation sites is 1. The van der Waals surface area contributed by atoms with Crippen LogP contribution in [0, 0.1) is 6.92 Å². The lowest BCUT2D eigenvalue weighted by Gasteiger charge is -1.98. The van der Waals surface area contributed by atoms with E-state index in [9.17, 15) is 0 Å². The second-order valence-electron chi connectivity index (χ2n) is 6.25. The van der Waals surface area contributed by atoms with Gasteiger partial charge in [0.1, 0.15) is 10.6 Å². The molecule has 0 fully saturated rings. The maximum atomic E-state index is 6.03. The van der Waals surface area contributed by atoms with Gasteiger partial charge in [-0.3, -0.25) is 0 Å². The third kappa shape index (κ3) is 2.10. The van der Waals surface area contributed by atoms with E-state index in [1.165, 1.54) is 11.3 Å². The second-order valence-corrected chi connectivity index (χ2v) is 7.20. The minimum atomic E-state index is 0.249. The molecule has 0 amide bonds. The van der Waals surface area contributed by atoms with Crippen LogP contribution in [0.1, 0.15) is 5.56 Å². The van der Waals surface area contributed by atoms with Gasteiger partial charge in [-0.15, -0.1) is 10.2 Å². The molecule has 0 saturated heterocycles. The normalized spacial score (nSPS) is 13.1. The quantitative estimate of drug-likeness (QED) is 0.457. The van der Waals surface area contributed by atoms with E-state index in [0.29, 0.717) is 16.5 Å². The van der Waals surface area contributed by atoms with Gasteiger partial charge in [-0.25, -0.2) is 0 Å². The highest BCUT2D eigenvalue weighted by Crippen LogP contribution is 2.38. The number of furan rings is 1. The maximum absolute atomic E-state index is 6.03. The number of ether oxygens (including phenoxy) is 2. The Morgan fingerprint density at radius 3 is 2.85 bits per heavy atom. The summed E-state index contributed by atoms with van der Waals surface area (Å²) in [5.41, 5.74) is 2.80. The zero-order chi connectivity index (χ0) is 18.0. The minimum Gasteiger partial charge on any atom is -0.454 e. The molecule has 1 aliphatic heterocycles. The summed E-state index contributed by atoms with van der Waals surface area (Å²) in [6.45, 7) is 2.27. The van der Waals surface area contributed by atoms with Crippen LogP contribution in [0.4, 0.5) is 0 Å². The van der Waals surface area contributed by atoms with Crippen LogP contribution in [0.25, 0.3) is 38.1 Å². The maximum Gasteiger partial charge on any atom is 0.235 e. The zero-order valence-electron chi connectivity index (χ0n) is 14.2. The van der Waals surface area contributed by atoms with Gasteiger partial charge < -0.3 is 13.9 Å². The van der Waals surface area contributed by atoms with Gasteiger partial charge in [0.15, 0.2) is 17.3 Å². The number of benzene rings is 2. The zero-order valence-corrected chi connectivity index (χ0v) is 15.0. The molecule has 27 heavy (non-hydrogen) atoms. The Balaban J connectivity index is 1.50. The van der Waals surface area contributed by atoms with Crippen molar-refractivity contribution in [1.82, 2.24) is 19.8 Å². The van der Waals surface area contributed by atoms with Crippen LogP contribution < -0.4 is 9.47 Å². The average Bonchev–Trinajstić information content (AvgIpc) is 3.44. The van der Waals surface area contributed by atoms with Gasteiger partial charge in [0.05, 0.1) is 0 Å². The molecule has 0 saturated carbocycles. The van der Waals surface area contributed by atoms with Crippen molar-refractivity contribution in [2.24, 2.45) is 0 Å². The predicted molar refractivity (Wildman–Crippen MR) is 100 cm³/mol. The van der Waals surface area contributed by atoms with Crippen LogP contribution in [0.3, 0.4) is 0 Å². The van der Waals surface area contributed by atoms with E-state index in [2.05, 4.69) is 10.2 Å². The molecule has 0 aliphatic carbocycles. The smallest absolute Gasteiger partial charge is 0.235 e. The van der Waals surface area contributed by atoms with Crippen LogP contribution in [0.2, 0.25) is 0 Å². The first-order chi connectivity index (χ1) is 13.3. The lowest BCUT2D eigenvalue weighted by molar-refractivity contribution is 0.174. The predicted octanol–water partition coefficient (Wildman–Crippen LogP) is 4.30.